The molecule has 8 heteroatoms. The summed E-state index contributed by atoms with van der Waals surface area (Å²) in [6.07, 6.45) is 8.65. The Kier molecular flexibility index (Phi) is 3.97. The number of nitrogens with zero attached hydrogens (tertiary/aromatic N) is 5. The van der Waals surface area contributed by atoms with Crippen molar-refractivity contribution in [1.82, 2.24) is 19.6 Å². The molecule has 1 unspecified atom stereocenters. The molecule has 1 aliphatic heterocycles. The summed E-state index contributed by atoms with van der Waals surface area (Å²) in [5.41, 5.74) is 2.95. The Balaban J connectivity index is 1.61. The van der Waals surface area contributed by atoms with E-state index in [1.165, 1.54) is 6.42 Å². The average Bonchev–Trinajstić information content (AvgIpc) is 3.33. The highest BCUT2D eigenvalue weighted by molar-refractivity contribution is 7.91. The monoisotopic (exact) mass is 395 g/mol. The smallest absolute Gasteiger partial charge is 0.232 e. The number of anilines is 1. The van der Waals surface area contributed by atoms with Crippen molar-refractivity contribution in [3.05, 3.63) is 53.5 Å². The summed E-state index contributed by atoms with van der Waals surface area (Å²) in [7, 11) is -3.58. The lowest BCUT2D eigenvalue weighted by atomic mass is 10.1. The molecule has 7 nitrogen and oxygen atoms in total. The highest BCUT2D eigenvalue weighted by Crippen LogP contribution is 2.37. The Hall–Kier alpha value is -2.74. The van der Waals surface area contributed by atoms with Gasteiger partial charge in [-0.3, -0.25) is 9.38 Å². The van der Waals surface area contributed by atoms with E-state index in [0.717, 1.165) is 43.1 Å². The molecule has 1 aromatic carbocycles. The van der Waals surface area contributed by atoms with E-state index in [0.29, 0.717) is 16.2 Å². The van der Waals surface area contributed by atoms with Crippen LogP contribution in [0.4, 0.5) is 5.95 Å². The van der Waals surface area contributed by atoms with Gasteiger partial charge in [-0.25, -0.2) is 8.42 Å². The quantitative estimate of drug-likeness (QED) is 0.678. The molecule has 2 aromatic heterocycles. The minimum absolute atomic E-state index is 0.308. The van der Waals surface area contributed by atoms with Gasteiger partial charge < -0.3 is 4.90 Å². The van der Waals surface area contributed by atoms with Gasteiger partial charge in [0.2, 0.25) is 5.95 Å². The van der Waals surface area contributed by atoms with Crippen molar-refractivity contribution in [2.45, 2.75) is 36.3 Å². The van der Waals surface area contributed by atoms with Crippen molar-refractivity contribution in [3.8, 4) is 0 Å². The Morgan fingerprint density at radius 2 is 1.79 bits per heavy atom. The zero-order chi connectivity index (χ0) is 19.3. The van der Waals surface area contributed by atoms with Crippen LogP contribution < -0.4 is 4.90 Å². The molecular weight excluding hydrogens is 374 g/mol. The van der Waals surface area contributed by atoms with E-state index in [9.17, 15) is 8.42 Å². The van der Waals surface area contributed by atoms with Gasteiger partial charge in [-0.15, -0.1) is 10.2 Å². The van der Waals surface area contributed by atoms with Gasteiger partial charge in [-0.2, -0.15) is 0 Å². The number of benzene rings is 1. The van der Waals surface area contributed by atoms with Gasteiger partial charge in [0, 0.05) is 13.1 Å². The lowest BCUT2D eigenvalue weighted by Crippen LogP contribution is -2.31. The van der Waals surface area contributed by atoms with Crippen molar-refractivity contribution < 1.29 is 8.42 Å². The number of hydrogen-bond acceptors (Lipinski definition) is 6. The second kappa shape index (κ2) is 6.41. The van der Waals surface area contributed by atoms with Crippen LogP contribution in [0.3, 0.4) is 0 Å². The molecule has 3 aromatic rings. The Bertz CT molecular complexity index is 1180. The van der Waals surface area contributed by atoms with Crippen molar-refractivity contribution in [2.24, 2.45) is 0 Å². The molecule has 1 fully saturated rings. The fourth-order valence-electron chi connectivity index (χ4n) is 3.98. The van der Waals surface area contributed by atoms with Crippen molar-refractivity contribution in [3.63, 3.8) is 0 Å². The topological polar surface area (TPSA) is 80.5 Å². The van der Waals surface area contributed by atoms with Crippen LogP contribution in [-0.4, -0.2) is 41.1 Å². The second-order valence-corrected chi connectivity index (χ2v) is 9.48. The molecule has 1 aliphatic carbocycles. The fraction of sp³-hybridized carbons (Fsp3) is 0.350. The summed E-state index contributed by atoms with van der Waals surface area (Å²) in [5, 5.41) is 7.82. The standard InChI is InChI=1S/C20H21N5O2S/c1-14-5-7-15(8-6-14)28(26,27)17-10-9-16-19(17)21-13-18-22-23-20(25(16)18)24-11-3-2-4-12-24/h5-10,13,17H,2-4,11-12H2,1H3. The number of piperidine rings is 1. The summed E-state index contributed by atoms with van der Waals surface area (Å²) < 4.78 is 28.4. The van der Waals surface area contributed by atoms with Crippen LogP contribution in [0.5, 0.6) is 0 Å². The van der Waals surface area contributed by atoms with Crippen molar-refractivity contribution in [2.75, 3.05) is 18.0 Å². The van der Waals surface area contributed by atoms with Gasteiger partial charge in [0.15, 0.2) is 15.5 Å². The number of rotatable bonds is 3. The maximum atomic E-state index is 13.2. The predicted octanol–water partition coefficient (Wildman–Crippen LogP) is 2.96. The zero-order valence-electron chi connectivity index (χ0n) is 15.6. The molecule has 0 spiro atoms. The first kappa shape index (κ1) is 17.4. The van der Waals surface area contributed by atoms with E-state index in [2.05, 4.69) is 20.1 Å². The van der Waals surface area contributed by atoms with Gasteiger partial charge in [0.05, 0.1) is 22.5 Å². The minimum atomic E-state index is -3.58. The zero-order valence-corrected chi connectivity index (χ0v) is 16.4. The van der Waals surface area contributed by atoms with E-state index in [-0.39, 0.29) is 0 Å². The number of fused-ring (bicyclic) bond motifs is 3. The molecule has 0 amide bonds. The predicted molar refractivity (Wildman–Crippen MR) is 107 cm³/mol. The Morgan fingerprint density at radius 3 is 2.54 bits per heavy atom. The number of aryl methyl sites for hydroxylation is 1. The van der Waals surface area contributed by atoms with Crippen LogP contribution in [0.25, 0.3) is 11.7 Å². The summed E-state index contributed by atoms with van der Waals surface area (Å²) in [5.74, 6) is 0.770. The molecule has 0 radical (unpaired) electrons. The molecular formula is C20H21N5O2S. The normalized spacial score (nSPS) is 19.3. The van der Waals surface area contributed by atoms with Crippen molar-refractivity contribution in [1.29, 1.82) is 0 Å². The highest BCUT2D eigenvalue weighted by Gasteiger charge is 2.35. The Morgan fingerprint density at radius 1 is 1.04 bits per heavy atom. The third-order valence-corrected chi connectivity index (χ3v) is 7.49. The lowest BCUT2D eigenvalue weighted by Gasteiger charge is -2.26. The first-order chi connectivity index (χ1) is 13.6. The first-order valence-electron chi connectivity index (χ1n) is 9.53. The molecule has 5 rings (SSSR count). The van der Waals surface area contributed by atoms with Crippen LogP contribution in [0.2, 0.25) is 0 Å². The summed E-state index contributed by atoms with van der Waals surface area (Å²) >= 11 is 0. The molecule has 1 saturated heterocycles. The summed E-state index contributed by atoms with van der Waals surface area (Å²) in [6.45, 7) is 3.81. The van der Waals surface area contributed by atoms with E-state index >= 15 is 0 Å². The number of aromatic nitrogens is 4. The van der Waals surface area contributed by atoms with Gasteiger partial charge in [-0.1, -0.05) is 23.8 Å². The van der Waals surface area contributed by atoms with Gasteiger partial charge in [0.25, 0.3) is 0 Å². The van der Waals surface area contributed by atoms with Crippen LogP contribution >= 0.6 is 0 Å². The third-order valence-electron chi connectivity index (χ3n) is 5.51. The van der Waals surface area contributed by atoms with E-state index in [1.807, 2.05) is 29.5 Å². The summed E-state index contributed by atoms with van der Waals surface area (Å²) in [6, 6.07) is 6.95. The molecule has 0 N–H and O–H groups in total. The van der Waals surface area contributed by atoms with Gasteiger partial charge in [-0.05, 0) is 44.4 Å². The molecule has 144 valence electrons. The molecule has 0 saturated carbocycles. The van der Waals surface area contributed by atoms with E-state index < -0.39 is 15.1 Å². The average molecular weight is 395 g/mol. The SMILES string of the molecule is Cc1ccc(S(=O)(=O)C2C=Cc3c2ncc2nnc(N4CCCCC4)n32)cc1. The van der Waals surface area contributed by atoms with Crippen molar-refractivity contribution >= 4 is 27.5 Å². The van der Waals surface area contributed by atoms with Gasteiger partial charge >= 0.3 is 0 Å². The van der Waals surface area contributed by atoms with E-state index in [1.54, 1.807) is 24.4 Å². The van der Waals surface area contributed by atoms with Crippen LogP contribution in [0.15, 0.2) is 41.4 Å². The van der Waals surface area contributed by atoms with Crippen LogP contribution in [-0.2, 0) is 9.84 Å². The van der Waals surface area contributed by atoms with E-state index in [4.69, 9.17) is 0 Å². The highest BCUT2D eigenvalue weighted by atomic mass is 32.2. The third kappa shape index (κ3) is 2.63. The van der Waals surface area contributed by atoms with Crippen LogP contribution in [0.1, 0.15) is 41.5 Å². The van der Waals surface area contributed by atoms with Crippen LogP contribution in [0, 0.1) is 6.92 Å². The second-order valence-electron chi connectivity index (χ2n) is 7.41. The van der Waals surface area contributed by atoms with Gasteiger partial charge in [0.1, 0.15) is 5.25 Å². The first-order valence-corrected chi connectivity index (χ1v) is 11.1. The molecule has 28 heavy (non-hydrogen) atoms. The molecule has 3 heterocycles. The molecule has 1 atom stereocenters. The Labute approximate surface area is 163 Å². The largest absolute Gasteiger partial charge is 0.341 e. The minimum Gasteiger partial charge on any atom is -0.341 e. The maximum Gasteiger partial charge on any atom is 0.232 e. The lowest BCUT2D eigenvalue weighted by molar-refractivity contribution is 0.566. The molecule has 0 bridgehead atoms. The fourth-order valence-corrected chi connectivity index (χ4v) is 5.55. The number of hydrogen-bond donors (Lipinski definition) is 0. The number of sulfone groups is 1. The maximum absolute atomic E-state index is 13.2. The summed E-state index contributed by atoms with van der Waals surface area (Å²) in [4.78, 5) is 6.98. The molecule has 2 aliphatic rings.